The maximum absolute atomic E-state index is 12.3. The van der Waals surface area contributed by atoms with Crippen LogP contribution < -0.4 is 0 Å². The molecule has 0 saturated carbocycles. The molecule has 0 aromatic carbocycles. The summed E-state index contributed by atoms with van der Waals surface area (Å²) >= 11 is 0. The summed E-state index contributed by atoms with van der Waals surface area (Å²) in [5, 5.41) is 0. The Hall–Kier alpha value is -2.33. The molecule has 0 aromatic rings. The molecule has 0 N–H and O–H groups in total. The monoisotopic (exact) mass is 350 g/mol. The summed E-state index contributed by atoms with van der Waals surface area (Å²) < 4.78 is 37.0. The lowest BCUT2D eigenvalue weighted by Gasteiger charge is -2.19. The van der Waals surface area contributed by atoms with Crippen molar-refractivity contribution in [2.24, 2.45) is 0 Å². The molecule has 8 nitrogen and oxygen atoms in total. The van der Waals surface area contributed by atoms with Crippen LogP contribution in [-0.2, 0) is 14.4 Å². The molecule has 0 spiro atoms. The Kier molecular flexibility index (Phi) is 4.99. The number of halogens is 3. The summed E-state index contributed by atoms with van der Waals surface area (Å²) in [6, 6.07) is -0.444. The maximum Gasteiger partial charge on any atom is 0.406 e. The van der Waals surface area contributed by atoms with Gasteiger partial charge in [-0.15, -0.1) is 0 Å². The molecule has 0 atom stereocenters. The molecule has 5 amide bonds. The van der Waals surface area contributed by atoms with Gasteiger partial charge in [-0.3, -0.25) is 19.3 Å². The smallest absolute Gasteiger partial charge is 0.318 e. The Morgan fingerprint density at radius 3 is 2.33 bits per heavy atom. The van der Waals surface area contributed by atoms with Crippen molar-refractivity contribution in [2.45, 2.75) is 19.0 Å². The van der Waals surface area contributed by atoms with Crippen LogP contribution in [-0.4, -0.2) is 89.4 Å². The predicted octanol–water partition coefficient (Wildman–Crippen LogP) is -0.149. The third-order valence-corrected chi connectivity index (χ3v) is 3.75. The Balaban J connectivity index is 1.78. The highest BCUT2D eigenvalue weighted by molar-refractivity contribution is 6.01. The van der Waals surface area contributed by atoms with Gasteiger partial charge >= 0.3 is 12.2 Å². The zero-order valence-corrected chi connectivity index (χ0v) is 13.0. The molecule has 2 aliphatic heterocycles. The van der Waals surface area contributed by atoms with E-state index in [0.717, 1.165) is 9.80 Å². The highest BCUT2D eigenvalue weighted by Crippen LogP contribution is 2.20. The summed E-state index contributed by atoms with van der Waals surface area (Å²) in [7, 11) is 1.48. The SMILES string of the molecule is CN1CC(=O)N(CCCC(=O)N2CC(=O)N(CC(F)(F)F)C2)C1=O. The van der Waals surface area contributed by atoms with Crippen LogP contribution in [0.4, 0.5) is 18.0 Å². The first-order chi connectivity index (χ1) is 11.1. The molecule has 0 aliphatic carbocycles. The van der Waals surface area contributed by atoms with Gasteiger partial charge in [0.05, 0.1) is 6.67 Å². The van der Waals surface area contributed by atoms with E-state index in [9.17, 15) is 32.3 Å². The Morgan fingerprint density at radius 2 is 1.79 bits per heavy atom. The minimum Gasteiger partial charge on any atom is -0.318 e. The number of hydrogen-bond acceptors (Lipinski definition) is 4. The topological polar surface area (TPSA) is 81.2 Å². The number of rotatable bonds is 5. The molecule has 0 unspecified atom stereocenters. The molecule has 0 radical (unpaired) electrons. The minimum absolute atomic E-state index is 0.0141. The van der Waals surface area contributed by atoms with E-state index in [1.807, 2.05) is 0 Å². The van der Waals surface area contributed by atoms with E-state index in [4.69, 9.17) is 0 Å². The molecule has 0 aromatic heterocycles. The summed E-state index contributed by atoms with van der Waals surface area (Å²) in [5.41, 5.74) is 0. The number of carbonyl (C=O) groups is 4. The molecule has 2 aliphatic rings. The fourth-order valence-electron chi connectivity index (χ4n) is 2.56. The highest BCUT2D eigenvalue weighted by Gasteiger charge is 2.39. The second-order valence-corrected chi connectivity index (χ2v) is 5.73. The van der Waals surface area contributed by atoms with Crippen molar-refractivity contribution in [1.29, 1.82) is 0 Å². The van der Waals surface area contributed by atoms with Gasteiger partial charge in [-0.1, -0.05) is 0 Å². The summed E-state index contributed by atoms with van der Waals surface area (Å²) in [4.78, 5) is 50.6. The molecule has 2 heterocycles. The van der Waals surface area contributed by atoms with Crippen molar-refractivity contribution in [3.8, 4) is 0 Å². The molecular formula is C13H17F3N4O4. The number of carbonyl (C=O) groups excluding carboxylic acids is 4. The molecule has 0 bridgehead atoms. The molecule has 11 heteroatoms. The van der Waals surface area contributed by atoms with Gasteiger partial charge in [0.1, 0.15) is 19.6 Å². The first-order valence-corrected chi connectivity index (χ1v) is 7.26. The van der Waals surface area contributed by atoms with E-state index >= 15 is 0 Å². The van der Waals surface area contributed by atoms with Crippen molar-refractivity contribution in [3.05, 3.63) is 0 Å². The highest BCUT2D eigenvalue weighted by atomic mass is 19.4. The number of urea groups is 1. The van der Waals surface area contributed by atoms with Crippen molar-refractivity contribution < 1.29 is 32.3 Å². The lowest BCUT2D eigenvalue weighted by molar-refractivity contribution is -0.157. The van der Waals surface area contributed by atoms with Crippen LogP contribution in [0.15, 0.2) is 0 Å². The molecule has 24 heavy (non-hydrogen) atoms. The lowest BCUT2D eigenvalue weighted by Crippen LogP contribution is -2.37. The average Bonchev–Trinajstić information content (AvgIpc) is 2.92. The predicted molar refractivity (Wildman–Crippen MR) is 73.3 cm³/mol. The van der Waals surface area contributed by atoms with Gasteiger partial charge in [0.15, 0.2) is 0 Å². The van der Waals surface area contributed by atoms with Crippen molar-refractivity contribution in [2.75, 3.05) is 39.9 Å². The first kappa shape index (κ1) is 18.0. The number of nitrogens with zero attached hydrogens (tertiary/aromatic N) is 4. The van der Waals surface area contributed by atoms with Crippen molar-refractivity contribution in [3.63, 3.8) is 0 Å². The summed E-state index contributed by atoms with van der Waals surface area (Å²) in [6.45, 7) is -2.14. The van der Waals surface area contributed by atoms with E-state index < -0.39 is 37.2 Å². The Labute approximate surface area is 135 Å². The van der Waals surface area contributed by atoms with Gasteiger partial charge < -0.3 is 14.7 Å². The second kappa shape index (κ2) is 6.65. The van der Waals surface area contributed by atoms with Gasteiger partial charge in [-0.05, 0) is 6.42 Å². The van der Waals surface area contributed by atoms with E-state index in [0.29, 0.717) is 4.90 Å². The lowest BCUT2D eigenvalue weighted by atomic mass is 10.2. The number of likely N-dealkylation sites (N-methyl/N-ethyl adjacent to an activating group) is 1. The van der Waals surface area contributed by atoms with Crippen LogP contribution in [0, 0.1) is 0 Å². The zero-order chi connectivity index (χ0) is 18.1. The normalized spacial score (nSPS) is 19.1. The van der Waals surface area contributed by atoms with E-state index in [1.165, 1.54) is 11.9 Å². The fourth-order valence-corrected chi connectivity index (χ4v) is 2.56. The molecule has 2 rings (SSSR count). The molecule has 2 fully saturated rings. The van der Waals surface area contributed by atoms with Crippen LogP contribution in [0.2, 0.25) is 0 Å². The number of imide groups is 1. The van der Waals surface area contributed by atoms with Crippen LogP contribution in [0.3, 0.4) is 0 Å². The van der Waals surface area contributed by atoms with Crippen molar-refractivity contribution in [1.82, 2.24) is 19.6 Å². The molecular weight excluding hydrogens is 333 g/mol. The van der Waals surface area contributed by atoms with Crippen LogP contribution >= 0.6 is 0 Å². The van der Waals surface area contributed by atoms with E-state index in [-0.39, 0.29) is 38.4 Å². The Morgan fingerprint density at radius 1 is 1.12 bits per heavy atom. The standard InChI is InChI=1S/C13H17F3N4O4/c1-17-5-11(23)20(12(17)24)4-2-3-9(21)18-6-10(22)19(8-18)7-13(14,15)16/h2-8H2,1H3. The third-order valence-electron chi connectivity index (χ3n) is 3.75. The number of alkyl halides is 3. The molecule has 2 saturated heterocycles. The van der Waals surface area contributed by atoms with Gasteiger partial charge in [0.2, 0.25) is 17.7 Å². The van der Waals surface area contributed by atoms with Gasteiger partial charge in [-0.2, -0.15) is 13.2 Å². The quantitative estimate of drug-likeness (QED) is 0.646. The van der Waals surface area contributed by atoms with Crippen LogP contribution in [0.25, 0.3) is 0 Å². The fraction of sp³-hybridized carbons (Fsp3) is 0.692. The van der Waals surface area contributed by atoms with Crippen LogP contribution in [0.1, 0.15) is 12.8 Å². The average molecular weight is 350 g/mol. The van der Waals surface area contributed by atoms with Crippen molar-refractivity contribution >= 4 is 23.8 Å². The Bertz CT molecular complexity index is 566. The minimum atomic E-state index is -4.52. The number of hydrogen-bond donors (Lipinski definition) is 0. The van der Waals surface area contributed by atoms with E-state index in [1.54, 1.807) is 0 Å². The first-order valence-electron chi connectivity index (χ1n) is 7.26. The van der Waals surface area contributed by atoms with Gasteiger partial charge in [0, 0.05) is 20.0 Å². The second-order valence-electron chi connectivity index (χ2n) is 5.73. The maximum atomic E-state index is 12.3. The largest absolute Gasteiger partial charge is 0.406 e. The van der Waals surface area contributed by atoms with E-state index in [2.05, 4.69) is 0 Å². The number of amides is 5. The van der Waals surface area contributed by atoms with Gasteiger partial charge in [0.25, 0.3) is 0 Å². The zero-order valence-electron chi connectivity index (χ0n) is 13.0. The summed E-state index contributed by atoms with van der Waals surface area (Å²) in [5.74, 6) is -1.60. The summed E-state index contributed by atoms with van der Waals surface area (Å²) in [6.07, 6.45) is -4.39. The molecule has 134 valence electrons. The van der Waals surface area contributed by atoms with Crippen LogP contribution in [0.5, 0.6) is 0 Å². The third kappa shape index (κ3) is 4.15. The van der Waals surface area contributed by atoms with Gasteiger partial charge in [-0.25, -0.2) is 4.79 Å².